The van der Waals surface area contributed by atoms with E-state index in [4.69, 9.17) is 0 Å². The molecule has 0 aliphatic carbocycles. The molecule has 0 atom stereocenters. The highest BCUT2D eigenvalue weighted by Gasteiger charge is 2.09. The first-order valence-corrected chi connectivity index (χ1v) is 6.83. The molecule has 6 heteroatoms. The third-order valence-electron chi connectivity index (χ3n) is 3.30. The van der Waals surface area contributed by atoms with Gasteiger partial charge in [-0.15, -0.1) is 0 Å². The van der Waals surface area contributed by atoms with Crippen molar-refractivity contribution in [1.82, 2.24) is 25.1 Å². The number of rotatable bonds is 3. The normalized spacial score (nSPS) is 10.7. The average molecular weight is 288 g/mol. The average Bonchev–Trinajstić information content (AvgIpc) is 3.09. The number of fused-ring (bicyclic) bond motifs is 1. The molecule has 0 amide bonds. The van der Waals surface area contributed by atoms with Crippen LogP contribution in [0, 0.1) is 0 Å². The standard InChI is InChI=1S/C16H12N6/c1-2-4-14-13(3-1)16(20-12-9-18-19-10-12)22-15(21-14)11-5-7-17-8-6-11/h1-10H,(H,18,19)(H,20,21,22). The van der Waals surface area contributed by atoms with E-state index in [0.29, 0.717) is 5.82 Å². The van der Waals surface area contributed by atoms with Gasteiger partial charge in [0.15, 0.2) is 5.82 Å². The van der Waals surface area contributed by atoms with Crippen molar-refractivity contribution >= 4 is 22.4 Å². The lowest BCUT2D eigenvalue weighted by Crippen LogP contribution is -1.98. The Morgan fingerprint density at radius 2 is 1.82 bits per heavy atom. The van der Waals surface area contributed by atoms with Gasteiger partial charge in [0.2, 0.25) is 0 Å². The molecule has 6 nitrogen and oxygen atoms in total. The third-order valence-corrected chi connectivity index (χ3v) is 3.30. The summed E-state index contributed by atoms with van der Waals surface area (Å²) in [7, 11) is 0. The van der Waals surface area contributed by atoms with Crippen LogP contribution in [0.3, 0.4) is 0 Å². The summed E-state index contributed by atoms with van der Waals surface area (Å²) in [5.74, 6) is 1.41. The lowest BCUT2D eigenvalue weighted by molar-refractivity contribution is 1.09. The van der Waals surface area contributed by atoms with E-state index in [2.05, 4.69) is 30.5 Å². The van der Waals surface area contributed by atoms with Crippen molar-refractivity contribution in [2.75, 3.05) is 5.32 Å². The first-order valence-electron chi connectivity index (χ1n) is 6.83. The molecule has 0 aliphatic heterocycles. The Bertz CT molecular complexity index is 902. The zero-order chi connectivity index (χ0) is 14.8. The molecule has 0 aliphatic rings. The van der Waals surface area contributed by atoms with Gasteiger partial charge in [-0.2, -0.15) is 5.10 Å². The fourth-order valence-corrected chi connectivity index (χ4v) is 2.26. The number of benzene rings is 1. The fourth-order valence-electron chi connectivity index (χ4n) is 2.26. The van der Waals surface area contributed by atoms with Crippen molar-refractivity contribution < 1.29 is 0 Å². The Morgan fingerprint density at radius 1 is 0.955 bits per heavy atom. The van der Waals surface area contributed by atoms with Crippen LogP contribution in [0.15, 0.2) is 61.2 Å². The highest BCUT2D eigenvalue weighted by Crippen LogP contribution is 2.26. The molecule has 0 unspecified atom stereocenters. The minimum absolute atomic E-state index is 0.659. The van der Waals surface area contributed by atoms with Gasteiger partial charge in [-0.05, 0) is 24.3 Å². The molecule has 0 spiro atoms. The number of hydrogen-bond acceptors (Lipinski definition) is 5. The number of pyridine rings is 1. The molecule has 4 rings (SSSR count). The van der Waals surface area contributed by atoms with Crippen molar-refractivity contribution in [1.29, 1.82) is 0 Å². The van der Waals surface area contributed by atoms with Crippen molar-refractivity contribution in [3.05, 3.63) is 61.2 Å². The number of aromatic nitrogens is 5. The number of nitrogens with zero attached hydrogens (tertiary/aromatic N) is 4. The number of aromatic amines is 1. The number of nitrogens with one attached hydrogen (secondary N) is 2. The highest BCUT2D eigenvalue weighted by molar-refractivity contribution is 5.92. The summed E-state index contributed by atoms with van der Waals surface area (Å²) in [4.78, 5) is 13.3. The van der Waals surface area contributed by atoms with E-state index < -0.39 is 0 Å². The van der Waals surface area contributed by atoms with Crippen LogP contribution < -0.4 is 5.32 Å². The summed E-state index contributed by atoms with van der Waals surface area (Å²) in [5, 5.41) is 11.0. The Morgan fingerprint density at radius 3 is 2.64 bits per heavy atom. The molecule has 2 N–H and O–H groups in total. The molecule has 106 valence electrons. The molecule has 22 heavy (non-hydrogen) atoms. The monoisotopic (exact) mass is 288 g/mol. The first-order chi connectivity index (χ1) is 10.9. The zero-order valence-corrected chi connectivity index (χ0v) is 11.6. The van der Waals surface area contributed by atoms with E-state index in [-0.39, 0.29) is 0 Å². The summed E-state index contributed by atoms with van der Waals surface area (Å²) in [6, 6.07) is 11.7. The SMILES string of the molecule is c1ccc2c(Nc3cn[nH]c3)nc(-c3ccncc3)nc2c1. The van der Waals surface area contributed by atoms with E-state index in [0.717, 1.165) is 28.0 Å². The molecule has 4 aromatic rings. The van der Waals surface area contributed by atoms with Crippen LogP contribution in [0.2, 0.25) is 0 Å². The molecular formula is C16H12N6. The molecule has 0 fully saturated rings. The summed E-state index contributed by atoms with van der Waals surface area (Å²) < 4.78 is 0. The molecule has 3 aromatic heterocycles. The second-order valence-corrected chi connectivity index (χ2v) is 4.76. The Balaban J connectivity index is 1.89. The van der Waals surface area contributed by atoms with Crippen LogP contribution in [0.5, 0.6) is 0 Å². The van der Waals surface area contributed by atoms with Crippen LogP contribution in [0.25, 0.3) is 22.3 Å². The minimum atomic E-state index is 0.659. The van der Waals surface area contributed by atoms with Gasteiger partial charge >= 0.3 is 0 Å². The lowest BCUT2D eigenvalue weighted by atomic mass is 10.2. The number of anilines is 2. The quantitative estimate of drug-likeness (QED) is 0.605. The first kappa shape index (κ1) is 12.5. The van der Waals surface area contributed by atoms with Crippen LogP contribution >= 0.6 is 0 Å². The molecule has 1 aromatic carbocycles. The summed E-state index contributed by atoms with van der Waals surface area (Å²) in [6.07, 6.45) is 6.96. The zero-order valence-electron chi connectivity index (χ0n) is 11.6. The van der Waals surface area contributed by atoms with E-state index in [9.17, 15) is 0 Å². The predicted molar refractivity (Wildman–Crippen MR) is 84.6 cm³/mol. The summed E-state index contributed by atoms with van der Waals surface area (Å²) in [5.41, 5.74) is 2.66. The van der Waals surface area contributed by atoms with Crippen LogP contribution in [0.4, 0.5) is 11.5 Å². The minimum Gasteiger partial charge on any atom is -0.337 e. The maximum absolute atomic E-state index is 4.65. The largest absolute Gasteiger partial charge is 0.337 e. The van der Waals surface area contributed by atoms with Gasteiger partial charge in [-0.1, -0.05) is 12.1 Å². The van der Waals surface area contributed by atoms with Crippen molar-refractivity contribution in [3.63, 3.8) is 0 Å². The van der Waals surface area contributed by atoms with Gasteiger partial charge in [-0.3, -0.25) is 10.1 Å². The van der Waals surface area contributed by atoms with Gasteiger partial charge in [0.25, 0.3) is 0 Å². The summed E-state index contributed by atoms with van der Waals surface area (Å²) >= 11 is 0. The molecule has 0 radical (unpaired) electrons. The maximum Gasteiger partial charge on any atom is 0.162 e. The maximum atomic E-state index is 4.65. The van der Waals surface area contributed by atoms with Crippen molar-refractivity contribution in [2.45, 2.75) is 0 Å². The molecule has 3 heterocycles. The second-order valence-electron chi connectivity index (χ2n) is 4.76. The number of H-pyrrole nitrogens is 1. The van der Waals surface area contributed by atoms with E-state index >= 15 is 0 Å². The van der Waals surface area contributed by atoms with Crippen molar-refractivity contribution in [2.24, 2.45) is 0 Å². The Labute approximate surface area is 126 Å². The Kier molecular flexibility index (Phi) is 2.97. The smallest absolute Gasteiger partial charge is 0.162 e. The van der Waals surface area contributed by atoms with Crippen molar-refractivity contribution in [3.8, 4) is 11.4 Å². The highest BCUT2D eigenvalue weighted by atomic mass is 15.1. The van der Waals surface area contributed by atoms with Gasteiger partial charge in [0, 0.05) is 29.5 Å². The topological polar surface area (TPSA) is 79.4 Å². The van der Waals surface area contributed by atoms with Crippen LogP contribution in [0.1, 0.15) is 0 Å². The second kappa shape index (κ2) is 5.25. The van der Waals surface area contributed by atoms with E-state index in [1.807, 2.05) is 36.4 Å². The van der Waals surface area contributed by atoms with E-state index in [1.165, 1.54) is 0 Å². The number of hydrogen-bond donors (Lipinski definition) is 2. The van der Waals surface area contributed by atoms with Gasteiger partial charge < -0.3 is 5.32 Å². The predicted octanol–water partition coefficient (Wildman–Crippen LogP) is 3.16. The summed E-state index contributed by atoms with van der Waals surface area (Å²) in [6.45, 7) is 0. The Hall–Kier alpha value is -3.28. The molecule has 0 saturated heterocycles. The molecule has 0 saturated carbocycles. The van der Waals surface area contributed by atoms with Gasteiger partial charge in [0.1, 0.15) is 5.82 Å². The van der Waals surface area contributed by atoms with Gasteiger partial charge in [-0.25, -0.2) is 9.97 Å². The lowest BCUT2D eigenvalue weighted by Gasteiger charge is -2.09. The fraction of sp³-hybridized carbons (Fsp3) is 0. The third kappa shape index (κ3) is 2.26. The van der Waals surface area contributed by atoms with Crippen LogP contribution in [-0.4, -0.2) is 25.1 Å². The molecule has 0 bridgehead atoms. The molecular weight excluding hydrogens is 276 g/mol. The van der Waals surface area contributed by atoms with E-state index in [1.54, 1.807) is 24.8 Å². The number of para-hydroxylation sites is 1. The van der Waals surface area contributed by atoms with Crippen LogP contribution in [-0.2, 0) is 0 Å². The van der Waals surface area contributed by atoms with Gasteiger partial charge in [0.05, 0.1) is 17.4 Å².